The van der Waals surface area contributed by atoms with Crippen molar-refractivity contribution in [2.24, 2.45) is 0 Å². The Hall–Kier alpha value is -5.13. The van der Waals surface area contributed by atoms with Gasteiger partial charge in [-0.15, -0.1) is 11.3 Å². The Bertz CT molecular complexity index is 2090. The number of hydrogen-bond acceptors (Lipinski definition) is 4. The first kappa shape index (κ1) is 22.8. The highest BCUT2D eigenvalue weighted by molar-refractivity contribution is 7.25. The Morgan fingerprint density at radius 2 is 1.20 bits per heavy atom. The lowest BCUT2D eigenvalue weighted by molar-refractivity contribution is 1.09. The molecule has 0 aliphatic heterocycles. The molecule has 0 N–H and O–H groups in total. The molecule has 0 spiro atoms. The van der Waals surface area contributed by atoms with E-state index in [1.807, 2.05) is 72.1 Å². The first-order valence-electron chi connectivity index (χ1n) is 13.2. The Labute approximate surface area is 234 Å². The van der Waals surface area contributed by atoms with Crippen LogP contribution in [-0.2, 0) is 0 Å². The van der Waals surface area contributed by atoms with Gasteiger partial charge in [0, 0.05) is 43.7 Å². The molecule has 8 aromatic rings. The molecule has 0 saturated carbocycles. The van der Waals surface area contributed by atoms with Gasteiger partial charge in [-0.1, -0.05) is 97.1 Å². The third-order valence-electron chi connectivity index (χ3n) is 7.29. The van der Waals surface area contributed by atoms with E-state index in [1.165, 1.54) is 25.7 Å². The molecule has 0 amide bonds. The minimum Gasteiger partial charge on any atom is -0.285 e. The molecule has 0 radical (unpaired) electrons. The summed E-state index contributed by atoms with van der Waals surface area (Å²) in [5.74, 6) is 1.59. The SMILES string of the molecule is c1ccc(-c2cc(-c3ccc(-n4c5ccccc5c5c6ccccc6sc54)nc3)nc(-c3ccccc3)n2)cc1. The summed E-state index contributed by atoms with van der Waals surface area (Å²) in [5, 5.41) is 3.83. The molecule has 4 heterocycles. The second-order valence-corrected chi connectivity index (χ2v) is 10.8. The van der Waals surface area contributed by atoms with Gasteiger partial charge in [0.05, 0.1) is 16.9 Å². The molecule has 0 saturated heterocycles. The molecule has 0 atom stereocenters. The molecular weight excluding hydrogens is 508 g/mol. The normalized spacial score (nSPS) is 11.5. The molecule has 8 rings (SSSR count). The molecule has 0 fully saturated rings. The van der Waals surface area contributed by atoms with Gasteiger partial charge in [-0.3, -0.25) is 4.57 Å². The van der Waals surface area contributed by atoms with Crippen molar-refractivity contribution >= 4 is 42.5 Å². The molecule has 40 heavy (non-hydrogen) atoms. The summed E-state index contributed by atoms with van der Waals surface area (Å²) >= 11 is 1.81. The number of nitrogens with zero attached hydrogens (tertiary/aromatic N) is 4. The summed E-state index contributed by atoms with van der Waals surface area (Å²) in [6.07, 6.45) is 1.93. The molecule has 4 nitrogen and oxygen atoms in total. The van der Waals surface area contributed by atoms with Crippen molar-refractivity contribution in [2.45, 2.75) is 0 Å². The van der Waals surface area contributed by atoms with Crippen LogP contribution in [0.2, 0.25) is 0 Å². The first-order valence-corrected chi connectivity index (χ1v) is 14.0. The lowest BCUT2D eigenvalue weighted by Gasteiger charge is -2.10. The number of fused-ring (bicyclic) bond motifs is 5. The fraction of sp³-hybridized carbons (Fsp3) is 0. The van der Waals surface area contributed by atoms with E-state index in [0.29, 0.717) is 5.82 Å². The van der Waals surface area contributed by atoms with Crippen molar-refractivity contribution in [3.05, 3.63) is 134 Å². The zero-order valence-corrected chi connectivity index (χ0v) is 22.2. The minimum atomic E-state index is 0.699. The molecule has 0 aliphatic rings. The maximum atomic E-state index is 4.98. The number of hydrogen-bond donors (Lipinski definition) is 0. The lowest BCUT2D eigenvalue weighted by Crippen LogP contribution is -1.98. The van der Waals surface area contributed by atoms with Crippen LogP contribution in [0.3, 0.4) is 0 Å². The molecule has 4 aromatic carbocycles. The fourth-order valence-electron chi connectivity index (χ4n) is 5.41. The van der Waals surface area contributed by atoms with Crippen molar-refractivity contribution in [3.8, 4) is 39.7 Å². The maximum absolute atomic E-state index is 4.98. The Balaban J connectivity index is 1.28. The molecule has 5 heteroatoms. The Morgan fingerprint density at radius 3 is 1.95 bits per heavy atom. The van der Waals surface area contributed by atoms with Gasteiger partial charge in [-0.05, 0) is 30.3 Å². The number of rotatable bonds is 4. The van der Waals surface area contributed by atoms with E-state index in [2.05, 4.69) is 77.4 Å². The monoisotopic (exact) mass is 530 g/mol. The second kappa shape index (κ2) is 9.26. The van der Waals surface area contributed by atoms with Crippen molar-refractivity contribution in [2.75, 3.05) is 0 Å². The van der Waals surface area contributed by atoms with Crippen LogP contribution in [0.25, 0.3) is 70.9 Å². The van der Waals surface area contributed by atoms with Crippen LogP contribution in [0.5, 0.6) is 0 Å². The van der Waals surface area contributed by atoms with E-state index < -0.39 is 0 Å². The second-order valence-electron chi connectivity index (χ2n) is 9.73. The number of thiophene rings is 1. The van der Waals surface area contributed by atoms with E-state index in [1.54, 1.807) is 0 Å². The minimum absolute atomic E-state index is 0.699. The maximum Gasteiger partial charge on any atom is 0.160 e. The summed E-state index contributed by atoms with van der Waals surface area (Å²) < 4.78 is 3.57. The highest BCUT2D eigenvalue weighted by Gasteiger charge is 2.18. The van der Waals surface area contributed by atoms with Crippen molar-refractivity contribution in [1.82, 2.24) is 19.5 Å². The summed E-state index contributed by atoms with van der Waals surface area (Å²) in [7, 11) is 0. The highest BCUT2D eigenvalue weighted by atomic mass is 32.1. The quantitative estimate of drug-likeness (QED) is 0.228. The van der Waals surface area contributed by atoms with Crippen LogP contribution in [-0.4, -0.2) is 19.5 Å². The topological polar surface area (TPSA) is 43.6 Å². The fourth-order valence-corrected chi connectivity index (χ4v) is 6.65. The van der Waals surface area contributed by atoms with Crippen molar-refractivity contribution < 1.29 is 0 Å². The smallest absolute Gasteiger partial charge is 0.160 e. The van der Waals surface area contributed by atoms with E-state index in [9.17, 15) is 0 Å². The van der Waals surface area contributed by atoms with Crippen LogP contribution in [0.4, 0.5) is 0 Å². The van der Waals surface area contributed by atoms with Gasteiger partial charge in [0.15, 0.2) is 5.82 Å². The van der Waals surface area contributed by atoms with Crippen molar-refractivity contribution in [3.63, 3.8) is 0 Å². The van der Waals surface area contributed by atoms with E-state index in [0.717, 1.165) is 39.4 Å². The van der Waals surface area contributed by atoms with E-state index in [-0.39, 0.29) is 0 Å². The summed E-state index contributed by atoms with van der Waals surface area (Å²) in [4.78, 5) is 16.1. The predicted molar refractivity (Wildman–Crippen MR) is 166 cm³/mol. The number of aromatic nitrogens is 4. The van der Waals surface area contributed by atoms with Gasteiger partial charge < -0.3 is 0 Å². The largest absolute Gasteiger partial charge is 0.285 e. The third-order valence-corrected chi connectivity index (χ3v) is 8.45. The summed E-state index contributed by atoms with van der Waals surface area (Å²) in [6.45, 7) is 0. The standard InChI is InChI=1S/C35H22N4S/c1-3-11-23(12-4-1)28-21-29(38-34(37-28)24-13-5-2-6-14-24)25-19-20-32(36-22-25)39-30-17-9-7-15-26(30)33-27-16-8-10-18-31(27)40-35(33)39/h1-22H. The van der Waals surface area contributed by atoms with Crippen LogP contribution >= 0.6 is 11.3 Å². The summed E-state index contributed by atoms with van der Waals surface area (Å²) in [6, 6.07) is 43.8. The van der Waals surface area contributed by atoms with Gasteiger partial charge in [0.2, 0.25) is 0 Å². The van der Waals surface area contributed by atoms with E-state index >= 15 is 0 Å². The van der Waals surface area contributed by atoms with Gasteiger partial charge in [0.1, 0.15) is 10.6 Å². The molecular formula is C35H22N4S. The van der Waals surface area contributed by atoms with Crippen LogP contribution in [0, 0.1) is 0 Å². The third kappa shape index (κ3) is 3.71. The van der Waals surface area contributed by atoms with Gasteiger partial charge in [-0.2, -0.15) is 0 Å². The van der Waals surface area contributed by atoms with Gasteiger partial charge in [-0.25, -0.2) is 15.0 Å². The van der Waals surface area contributed by atoms with Crippen LogP contribution in [0.1, 0.15) is 0 Å². The predicted octanol–water partition coefficient (Wildman–Crippen LogP) is 9.18. The molecule has 4 aromatic heterocycles. The average Bonchev–Trinajstić information content (AvgIpc) is 3.56. The van der Waals surface area contributed by atoms with Crippen LogP contribution < -0.4 is 0 Å². The highest BCUT2D eigenvalue weighted by Crippen LogP contribution is 2.42. The van der Waals surface area contributed by atoms with Crippen LogP contribution in [0.15, 0.2) is 134 Å². The van der Waals surface area contributed by atoms with Gasteiger partial charge in [0.25, 0.3) is 0 Å². The molecule has 0 aliphatic carbocycles. The van der Waals surface area contributed by atoms with Crippen molar-refractivity contribution in [1.29, 1.82) is 0 Å². The Morgan fingerprint density at radius 1 is 0.550 bits per heavy atom. The Kier molecular flexibility index (Phi) is 5.28. The number of benzene rings is 4. The lowest BCUT2D eigenvalue weighted by atomic mass is 10.1. The summed E-state index contributed by atoms with van der Waals surface area (Å²) in [5.41, 5.74) is 5.88. The number of para-hydroxylation sites is 1. The zero-order chi connectivity index (χ0) is 26.5. The molecule has 0 unspecified atom stereocenters. The zero-order valence-electron chi connectivity index (χ0n) is 21.4. The van der Waals surface area contributed by atoms with Gasteiger partial charge >= 0.3 is 0 Å². The first-order chi connectivity index (χ1) is 19.8. The average molecular weight is 531 g/mol. The molecule has 188 valence electrons. The number of pyridine rings is 1. The molecule has 0 bridgehead atoms. The van der Waals surface area contributed by atoms with E-state index in [4.69, 9.17) is 15.0 Å².